The molecule has 0 aliphatic rings. The monoisotopic (exact) mass is 248 g/mol. The predicted octanol–water partition coefficient (Wildman–Crippen LogP) is 2.98. The molecular weight excluding hydrogens is 220 g/mol. The molecule has 4 nitrogen and oxygen atoms in total. The fraction of sp³-hybridized carbons (Fsp3) is 0.846. The minimum Gasteiger partial charge on any atom is -0.462 e. The molecule has 0 radical (unpaired) electrons. The van der Waals surface area contributed by atoms with Crippen molar-refractivity contribution in [3.05, 3.63) is 0 Å². The van der Waals surface area contributed by atoms with Gasteiger partial charge in [-0.25, -0.2) is 0 Å². The molecule has 0 saturated carbocycles. The number of hydrogen-bond acceptors (Lipinski definition) is 4. The largest absolute Gasteiger partial charge is 0.462 e. The van der Waals surface area contributed by atoms with Crippen molar-refractivity contribution in [2.75, 3.05) is 7.11 Å². The minimum absolute atomic E-state index is 0. The number of carbonyl (C=O) groups excluding carboxylic acids is 2. The minimum atomic E-state index is -0.308. The van der Waals surface area contributed by atoms with E-state index < -0.39 is 0 Å². The number of ether oxygens (including phenoxy) is 2. The number of ketones is 1. The summed E-state index contributed by atoms with van der Waals surface area (Å²) in [6.07, 6.45) is 0.743. The van der Waals surface area contributed by atoms with Gasteiger partial charge in [-0.2, -0.15) is 0 Å². The van der Waals surface area contributed by atoms with Crippen LogP contribution >= 0.6 is 0 Å². The molecule has 0 aliphatic carbocycles. The van der Waals surface area contributed by atoms with E-state index in [1.165, 1.54) is 6.92 Å². The maximum absolute atomic E-state index is 11.3. The smallest absolute Gasteiger partial charge is 0.308 e. The van der Waals surface area contributed by atoms with Gasteiger partial charge in [0.25, 0.3) is 0 Å². The Labute approximate surface area is 106 Å². The number of rotatable bonds is 7. The normalized spacial score (nSPS) is 12.7. The van der Waals surface area contributed by atoms with E-state index in [0.717, 1.165) is 0 Å². The average Bonchev–Trinajstić information content (AvgIpc) is 2.15. The SMILES string of the molecule is C.C.CCC(CC(C)=O)OC(=O)CC(C)OC. The van der Waals surface area contributed by atoms with Crippen molar-refractivity contribution in [3.8, 4) is 0 Å². The molecule has 2 unspecified atom stereocenters. The van der Waals surface area contributed by atoms with Crippen LogP contribution in [0.25, 0.3) is 0 Å². The summed E-state index contributed by atoms with van der Waals surface area (Å²) < 4.78 is 10.1. The van der Waals surface area contributed by atoms with Gasteiger partial charge in [0.2, 0.25) is 0 Å². The Kier molecular flexibility index (Phi) is 14.6. The van der Waals surface area contributed by atoms with Gasteiger partial charge < -0.3 is 9.47 Å². The first-order valence-electron chi connectivity index (χ1n) is 5.21. The van der Waals surface area contributed by atoms with Gasteiger partial charge in [0.15, 0.2) is 0 Å². The summed E-state index contributed by atoms with van der Waals surface area (Å²) in [6, 6.07) is 0. The summed E-state index contributed by atoms with van der Waals surface area (Å²) in [7, 11) is 1.55. The van der Waals surface area contributed by atoms with Crippen LogP contribution in [0.4, 0.5) is 0 Å². The first kappa shape index (κ1) is 21.4. The molecule has 0 aromatic rings. The molecule has 0 bridgehead atoms. The first-order valence-corrected chi connectivity index (χ1v) is 5.21. The van der Waals surface area contributed by atoms with Crippen molar-refractivity contribution in [1.29, 1.82) is 0 Å². The van der Waals surface area contributed by atoms with Gasteiger partial charge in [-0.3, -0.25) is 9.59 Å². The molecule has 104 valence electrons. The molecule has 0 rings (SSSR count). The first-order chi connectivity index (χ1) is 6.99. The van der Waals surface area contributed by atoms with Crippen molar-refractivity contribution in [2.24, 2.45) is 0 Å². The zero-order valence-electron chi connectivity index (χ0n) is 9.91. The van der Waals surface area contributed by atoms with Crippen LogP contribution in [0.2, 0.25) is 0 Å². The summed E-state index contributed by atoms with van der Waals surface area (Å²) in [5.41, 5.74) is 0. The lowest BCUT2D eigenvalue weighted by Crippen LogP contribution is -2.23. The van der Waals surface area contributed by atoms with Crippen LogP contribution in [-0.2, 0) is 19.1 Å². The highest BCUT2D eigenvalue weighted by Crippen LogP contribution is 2.07. The van der Waals surface area contributed by atoms with E-state index >= 15 is 0 Å². The lowest BCUT2D eigenvalue weighted by atomic mass is 10.1. The highest BCUT2D eigenvalue weighted by Gasteiger charge is 2.16. The van der Waals surface area contributed by atoms with Crippen molar-refractivity contribution in [1.82, 2.24) is 0 Å². The predicted molar refractivity (Wildman–Crippen MR) is 70.0 cm³/mol. The van der Waals surface area contributed by atoms with Gasteiger partial charge >= 0.3 is 5.97 Å². The lowest BCUT2D eigenvalue weighted by molar-refractivity contribution is -0.152. The van der Waals surface area contributed by atoms with Crippen LogP contribution in [0.1, 0.15) is 54.9 Å². The molecule has 0 heterocycles. The topological polar surface area (TPSA) is 52.6 Å². The van der Waals surface area contributed by atoms with E-state index in [-0.39, 0.29) is 45.2 Å². The fourth-order valence-electron chi connectivity index (χ4n) is 1.14. The number of hydrogen-bond donors (Lipinski definition) is 0. The molecule has 0 aromatic carbocycles. The second kappa shape index (κ2) is 11.6. The summed E-state index contributed by atoms with van der Waals surface area (Å²) >= 11 is 0. The van der Waals surface area contributed by atoms with Crippen molar-refractivity contribution < 1.29 is 19.1 Å². The number of methoxy groups -OCH3 is 1. The van der Waals surface area contributed by atoms with Gasteiger partial charge in [0.05, 0.1) is 12.5 Å². The number of carbonyl (C=O) groups is 2. The molecule has 17 heavy (non-hydrogen) atoms. The van der Waals surface area contributed by atoms with Crippen LogP contribution < -0.4 is 0 Å². The van der Waals surface area contributed by atoms with E-state index in [0.29, 0.717) is 12.8 Å². The van der Waals surface area contributed by atoms with Crippen LogP contribution in [0, 0.1) is 0 Å². The highest BCUT2D eigenvalue weighted by atomic mass is 16.5. The Morgan fingerprint density at radius 1 is 1.18 bits per heavy atom. The number of Topliss-reactive ketones (excluding diaryl/α,β-unsaturated/α-hetero) is 1. The quantitative estimate of drug-likeness (QED) is 0.650. The third-order valence-corrected chi connectivity index (χ3v) is 2.13. The van der Waals surface area contributed by atoms with Gasteiger partial charge in [0.1, 0.15) is 11.9 Å². The second-order valence-corrected chi connectivity index (χ2v) is 3.68. The molecule has 2 atom stereocenters. The average molecular weight is 248 g/mol. The molecule has 0 aliphatic heterocycles. The Hall–Kier alpha value is -0.900. The van der Waals surface area contributed by atoms with E-state index in [4.69, 9.17) is 9.47 Å². The zero-order valence-corrected chi connectivity index (χ0v) is 9.91. The number of esters is 1. The molecule has 0 aromatic heterocycles. The molecular formula is C13H28O4. The van der Waals surface area contributed by atoms with Gasteiger partial charge in [-0.05, 0) is 20.3 Å². The summed E-state index contributed by atoms with van der Waals surface area (Å²) in [4.78, 5) is 22.2. The van der Waals surface area contributed by atoms with Crippen LogP contribution in [-0.4, -0.2) is 31.1 Å². The fourth-order valence-corrected chi connectivity index (χ4v) is 1.14. The molecule has 0 spiro atoms. The van der Waals surface area contributed by atoms with Crippen LogP contribution in [0.5, 0.6) is 0 Å². The van der Waals surface area contributed by atoms with E-state index in [9.17, 15) is 9.59 Å². The van der Waals surface area contributed by atoms with Crippen molar-refractivity contribution in [3.63, 3.8) is 0 Å². The lowest BCUT2D eigenvalue weighted by Gasteiger charge is -2.16. The van der Waals surface area contributed by atoms with Gasteiger partial charge in [-0.1, -0.05) is 21.8 Å². The van der Waals surface area contributed by atoms with Crippen molar-refractivity contribution >= 4 is 11.8 Å². The van der Waals surface area contributed by atoms with E-state index in [1.54, 1.807) is 14.0 Å². The summed E-state index contributed by atoms with van der Waals surface area (Å²) in [5.74, 6) is -0.271. The molecule has 4 heteroatoms. The Balaban J connectivity index is -0.000000980. The zero-order chi connectivity index (χ0) is 11.8. The third-order valence-electron chi connectivity index (χ3n) is 2.13. The maximum atomic E-state index is 11.3. The van der Waals surface area contributed by atoms with Crippen LogP contribution in [0.15, 0.2) is 0 Å². The van der Waals surface area contributed by atoms with E-state index in [1.807, 2.05) is 6.92 Å². The van der Waals surface area contributed by atoms with Crippen molar-refractivity contribution in [2.45, 2.75) is 67.1 Å². The van der Waals surface area contributed by atoms with Gasteiger partial charge in [-0.15, -0.1) is 0 Å². The summed E-state index contributed by atoms with van der Waals surface area (Å²) in [5, 5.41) is 0. The van der Waals surface area contributed by atoms with E-state index in [2.05, 4.69) is 0 Å². The molecule has 0 fully saturated rings. The Morgan fingerprint density at radius 2 is 1.71 bits per heavy atom. The molecule has 0 amide bonds. The highest BCUT2D eigenvalue weighted by molar-refractivity contribution is 5.76. The Bertz CT molecular complexity index is 213. The molecule has 0 N–H and O–H groups in total. The summed E-state index contributed by atoms with van der Waals surface area (Å²) in [6.45, 7) is 5.18. The van der Waals surface area contributed by atoms with Gasteiger partial charge in [0, 0.05) is 13.5 Å². The standard InChI is InChI=1S/C11H20O4.2CH4/c1-5-10(6-8(2)12)15-11(13)7-9(3)14-4;;/h9-10H,5-7H2,1-4H3;2*1H4. The third kappa shape index (κ3) is 11.4. The van der Waals surface area contributed by atoms with Crippen LogP contribution in [0.3, 0.4) is 0 Å². The second-order valence-electron chi connectivity index (χ2n) is 3.68. The Morgan fingerprint density at radius 3 is 2.06 bits per heavy atom. The maximum Gasteiger partial charge on any atom is 0.308 e. The molecule has 0 saturated heterocycles.